The summed E-state index contributed by atoms with van der Waals surface area (Å²) >= 11 is 3.38. The summed E-state index contributed by atoms with van der Waals surface area (Å²) in [6, 6.07) is 14.3. The minimum absolute atomic E-state index is 0.131. The van der Waals surface area contributed by atoms with Crippen molar-refractivity contribution >= 4 is 39.3 Å². The summed E-state index contributed by atoms with van der Waals surface area (Å²) in [6.45, 7) is 3.25. The molecule has 0 heterocycles. The molecular weight excluding hydrogens is 410 g/mol. The van der Waals surface area contributed by atoms with Crippen LogP contribution in [0.2, 0.25) is 0 Å². The van der Waals surface area contributed by atoms with Crippen LogP contribution in [-0.4, -0.2) is 17.7 Å². The second kappa shape index (κ2) is 9.87. The number of hydrogen-bond donors (Lipinski definition) is 3. The molecule has 0 aliphatic carbocycles. The van der Waals surface area contributed by atoms with Gasteiger partial charge < -0.3 is 16.0 Å². The molecule has 0 radical (unpaired) electrons. The van der Waals surface area contributed by atoms with Gasteiger partial charge in [-0.1, -0.05) is 40.2 Å². The zero-order chi connectivity index (χ0) is 19.8. The van der Waals surface area contributed by atoms with Crippen molar-refractivity contribution in [3.05, 3.63) is 64.1 Å². The molecular formula is C20H22BrN3O3. The molecule has 142 valence electrons. The fourth-order valence-electron chi connectivity index (χ4n) is 2.56. The maximum atomic E-state index is 12.3. The topological polar surface area (TPSA) is 87.3 Å². The number of benzene rings is 2. The van der Waals surface area contributed by atoms with Gasteiger partial charge in [-0.25, -0.2) is 0 Å². The third kappa shape index (κ3) is 7.22. The van der Waals surface area contributed by atoms with E-state index in [9.17, 15) is 14.4 Å². The number of anilines is 1. The Labute approximate surface area is 166 Å². The molecule has 0 aliphatic heterocycles. The van der Waals surface area contributed by atoms with E-state index in [1.807, 2.05) is 36.4 Å². The van der Waals surface area contributed by atoms with Crippen LogP contribution in [0.15, 0.2) is 53.0 Å². The molecule has 27 heavy (non-hydrogen) atoms. The van der Waals surface area contributed by atoms with Gasteiger partial charge in [-0.3, -0.25) is 14.4 Å². The quantitative estimate of drug-likeness (QED) is 0.628. The Bertz CT molecular complexity index is 804. The highest BCUT2D eigenvalue weighted by atomic mass is 79.9. The molecule has 1 atom stereocenters. The Morgan fingerprint density at radius 3 is 2.11 bits per heavy atom. The minimum atomic E-state index is -0.391. The van der Waals surface area contributed by atoms with Crippen molar-refractivity contribution < 1.29 is 14.4 Å². The summed E-state index contributed by atoms with van der Waals surface area (Å²) in [7, 11) is 0. The highest BCUT2D eigenvalue weighted by Crippen LogP contribution is 2.20. The second-order valence-corrected chi connectivity index (χ2v) is 7.08. The predicted molar refractivity (Wildman–Crippen MR) is 108 cm³/mol. The monoisotopic (exact) mass is 431 g/mol. The summed E-state index contributed by atoms with van der Waals surface area (Å²) in [5, 5.41) is 8.37. The van der Waals surface area contributed by atoms with E-state index < -0.39 is 6.04 Å². The van der Waals surface area contributed by atoms with Crippen molar-refractivity contribution in [2.24, 2.45) is 0 Å². The average Bonchev–Trinajstić information content (AvgIpc) is 2.60. The van der Waals surface area contributed by atoms with Crippen LogP contribution in [-0.2, 0) is 20.9 Å². The lowest BCUT2D eigenvalue weighted by molar-refractivity contribution is -0.123. The molecule has 6 nitrogen and oxygen atoms in total. The van der Waals surface area contributed by atoms with Crippen LogP contribution in [0.5, 0.6) is 0 Å². The third-order valence-electron chi connectivity index (χ3n) is 3.80. The molecule has 0 fully saturated rings. The molecule has 0 aromatic heterocycles. The van der Waals surface area contributed by atoms with Gasteiger partial charge in [0, 0.05) is 30.6 Å². The number of carbonyl (C=O) groups is 3. The van der Waals surface area contributed by atoms with Crippen LogP contribution in [0.4, 0.5) is 5.69 Å². The van der Waals surface area contributed by atoms with Gasteiger partial charge in [0.1, 0.15) is 0 Å². The van der Waals surface area contributed by atoms with Gasteiger partial charge in [-0.15, -0.1) is 0 Å². The number of amides is 3. The summed E-state index contributed by atoms with van der Waals surface area (Å²) < 4.78 is 0.931. The molecule has 2 aromatic rings. The van der Waals surface area contributed by atoms with E-state index in [0.29, 0.717) is 12.2 Å². The Morgan fingerprint density at radius 2 is 1.56 bits per heavy atom. The average molecular weight is 432 g/mol. The van der Waals surface area contributed by atoms with E-state index in [1.165, 1.54) is 13.8 Å². The Kier molecular flexibility index (Phi) is 7.55. The molecule has 3 amide bonds. The van der Waals surface area contributed by atoms with Gasteiger partial charge >= 0.3 is 0 Å². The second-order valence-electron chi connectivity index (χ2n) is 6.16. The highest BCUT2D eigenvalue weighted by molar-refractivity contribution is 9.10. The first kappa shape index (κ1) is 20.6. The van der Waals surface area contributed by atoms with Crippen molar-refractivity contribution in [3.8, 4) is 0 Å². The van der Waals surface area contributed by atoms with E-state index in [4.69, 9.17) is 0 Å². The maximum absolute atomic E-state index is 12.3. The molecule has 1 unspecified atom stereocenters. The summed E-state index contributed by atoms with van der Waals surface area (Å²) in [6.07, 6.45) is 0.144. The lowest BCUT2D eigenvalue weighted by Crippen LogP contribution is -2.32. The molecule has 0 spiro atoms. The Morgan fingerprint density at radius 1 is 0.926 bits per heavy atom. The van der Waals surface area contributed by atoms with Gasteiger partial charge in [0.15, 0.2) is 0 Å². The lowest BCUT2D eigenvalue weighted by Gasteiger charge is -2.18. The predicted octanol–water partition coefficient (Wildman–Crippen LogP) is 3.29. The standard InChI is InChI=1S/C20H22BrN3O3/c1-13(25)23-18-9-3-15(4-10-18)12-22-20(27)11-19(24-14(2)26)16-5-7-17(21)8-6-16/h3-10,19H,11-12H2,1-2H3,(H,22,27)(H,23,25)(H,24,26). The van der Waals surface area contributed by atoms with E-state index in [2.05, 4.69) is 31.9 Å². The van der Waals surface area contributed by atoms with Crippen molar-refractivity contribution in [2.75, 3.05) is 5.32 Å². The van der Waals surface area contributed by atoms with Gasteiger partial charge in [0.05, 0.1) is 12.5 Å². The largest absolute Gasteiger partial charge is 0.352 e. The van der Waals surface area contributed by atoms with Gasteiger partial charge in [0.25, 0.3) is 0 Å². The Balaban J connectivity index is 1.94. The summed E-state index contributed by atoms with van der Waals surface area (Å²) in [5.74, 6) is -0.486. The number of nitrogens with one attached hydrogen (secondary N) is 3. The van der Waals surface area contributed by atoms with Gasteiger partial charge in [-0.05, 0) is 35.4 Å². The lowest BCUT2D eigenvalue weighted by atomic mass is 10.0. The smallest absolute Gasteiger partial charge is 0.222 e. The fraction of sp³-hybridized carbons (Fsp3) is 0.250. The molecule has 7 heteroatoms. The van der Waals surface area contributed by atoms with Gasteiger partial charge in [-0.2, -0.15) is 0 Å². The zero-order valence-corrected chi connectivity index (χ0v) is 16.8. The van der Waals surface area contributed by atoms with Crippen molar-refractivity contribution in [3.63, 3.8) is 0 Å². The van der Waals surface area contributed by atoms with Crippen molar-refractivity contribution in [1.29, 1.82) is 0 Å². The number of hydrogen-bond acceptors (Lipinski definition) is 3. The van der Waals surface area contributed by atoms with Crippen molar-refractivity contribution in [1.82, 2.24) is 10.6 Å². The van der Waals surface area contributed by atoms with Crippen LogP contribution in [0.3, 0.4) is 0 Å². The van der Waals surface area contributed by atoms with Crippen LogP contribution in [0.25, 0.3) is 0 Å². The molecule has 2 rings (SSSR count). The molecule has 3 N–H and O–H groups in total. The van der Waals surface area contributed by atoms with E-state index in [-0.39, 0.29) is 24.1 Å². The molecule has 0 saturated carbocycles. The first-order valence-electron chi connectivity index (χ1n) is 8.49. The Hall–Kier alpha value is -2.67. The van der Waals surface area contributed by atoms with Crippen LogP contribution >= 0.6 is 15.9 Å². The summed E-state index contributed by atoms with van der Waals surface area (Å²) in [4.78, 5) is 34.8. The minimum Gasteiger partial charge on any atom is -0.352 e. The highest BCUT2D eigenvalue weighted by Gasteiger charge is 2.17. The third-order valence-corrected chi connectivity index (χ3v) is 4.33. The van der Waals surface area contributed by atoms with E-state index in [1.54, 1.807) is 12.1 Å². The first-order valence-corrected chi connectivity index (χ1v) is 9.28. The van der Waals surface area contributed by atoms with E-state index in [0.717, 1.165) is 15.6 Å². The normalized spacial score (nSPS) is 11.4. The van der Waals surface area contributed by atoms with Crippen LogP contribution < -0.4 is 16.0 Å². The number of halogens is 1. The summed E-state index contributed by atoms with van der Waals surface area (Å²) in [5.41, 5.74) is 2.49. The molecule has 2 aromatic carbocycles. The maximum Gasteiger partial charge on any atom is 0.222 e. The van der Waals surface area contributed by atoms with Gasteiger partial charge in [0.2, 0.25) is 17.7 Å². The number of rotatable bonds is 7. The van der Waals surface area contributed by atoms with Crippen LogP contribution in [0.1, 0.15) is 37.4 Å². The number of carbonyl (C=O) groups excluding carboxylic acids is 3. The SMILES string of the molecule is CC(=O)Nc1ccc(CNC(=O)CC(NC(C)=O)c2ccc(Br)cc2)cc1. The molecule has 0 saturated heterocycles. The molecule has 0 bridgehead atoms. The fourth-order valence-corrected chi connectivity index (χ4v) is 2.82. The van der Waals surface area contributed by atoms with Crippen molar-refractivity contribution in [2.45, 2.75) is 32.9 Å². The van der Waals surface area contributed by atoms with E-state index >= 15 is 0 Å². The molecule has 0 aliphatic rings. The first-order chi connectivity index (χ1) is 12.8. The zero-order valence-electron chi connectivity index (χ0n) is 15.2. The van der Waals surface area contributed by atoms with Crippen LogP contribution in [0, 0.1) is 0 Å².